The first kappa shape index (κ1) is 12.8. The number of aromatic nitrogens is 4. The van der Waals surface area contributed by atoms with Crippen molar-refractivity contribution >= 4 is 28.4 Å². The van der Waals surface area contributed by atoms with E-state index in [-0.39, 0.29) is 0 Å². The molecule has 0 aromatic carbocycles. The molecule has 0 atom stereocenters. The van der Waals surface area contributed by atoms with Crippen LogP contribution in [0.25, 0.3) is 11.5 Å². The number of imidazole rings is 1. The third kappa shape index (κ3) is 2.33. The second kappa shape index (κ2) is 4.73. The second-order valence-electron chi connectivity index (χ2n) is 5.19. The molecule has 0 aliphatic heterocycles. The van der Waals surface area contributed by atoms with Gasteiger partial charge in [0.1, 0.15) is 11.5 Å². The van der Waals surface area contributed by atoms with Crippen molar-refractivity contribution in [1.82, 2.24) is 19.5 Å². The Balaban J connectivity index is 2.12. The van der Waals surface area contributed by atoms with E-state index in [1.807, 2.05) is 6.33 Å². The number of hydrogen-bond donors (Lipinski definition) is 1. The molecule has 19 heavy (non-hydrogen) atoms. The Kier molecular flexibility index (Phi) is 3.20. The predicted octanol–water partition coefficient (Wildman–Crippen LogP) is 2.99. The van der Waals surface area contributed by atoms with Gasteiger partial charge >= 0.3 is 0 Å². The van der Waals surface area contributed by atoms with Gasteiger partial charge in [-0.05, 0) is 49.3 Å². The van der Waals surface area contributed by atoms with Crippen LogP contribution in [0.1, 0.15) is 44.3 Å². The number of hydrogen-bond acceptors (Lipinski definition) is 4. The molecule has 0 amide bonds. The highest BCUT2D eigenvalue weighted by Crippen LogP contribution is 2.42. The predicted molar refractivity (Wildman–Crippen MR) is 82.7 cm³/mol. The molecule has 1 fully saturated rings. The molecule has 5 nitrogen and oxygen atoms in total. The monoisotopic (exact) mass is 369 g/mol. The van der Waals surface area contributed by atoms with Crippen LogP contribution in [0.3, 0.4) is 0 Å². The molecule has 0 bridgehead atoms. The number of anilines is 1. The number of nitrogens with zero attached hydrogens (tertiary/aromatic N) is 4. The van der Waals surface area contributed by atoms with Crippen molar-refractivity contribution in [3.8, 4) is 11.5 Å². The Hall–Kier alpha value is -1.18. The zero-order chi connectivity index (χ0) is 13.6. The maximum atomic E-state index is 6.03. The summed E-state index contributed by atoms with van der Waals surface area (Å²) in [5.41, 5.74) is 8.06. The van der Waals surface area contributed by atoms with Gasteiger partial charge in [0.05, 0.1) is 21.8 Å². The van der Waals surface area contributed by atoms with Crippen LogP contribution >= 0.6 is 22.6 Å². The van der Waals surface area contributed by atoms with Gasteiger partial charge in [0.25, 0.3) is 0 Å². The molecule has 1 aliphatic rings. The number of nitrogen functional groups attached to an aromatic ring is 1. The zero-order valence-corrected chi connectivity index (χ0v) is 13.1. The molecule has 100 valence electrons. The summed E-state index contributed by atoms with van der Waals surface area (Å²) in [6.07, 6.45) is 6.03. The number of rotatable bonds is 3. The van der Waals surface area contributed by atoms with E-state index in [1.165, 1.54) is 12.8 Å². The van der Waals surface area contributed by atoms with Crippen molar-refractivity contribution in [3.63, 3.8) is 0 Å². The highest BCUT2D eigenvalue weighted by Gasteiger charge is 2.29. The van der Waals surface area contributed by atoms with E-state index in [0.29, 0.717) is 23.6 Å². The normalized spacial score (nSPS) is 15.2. The highest BCUT2D eigenvalue weighted by molar-refractivity contribution is 14.1. The van der Waals surface area contributed by atoms with E-state index in [2.05, 4.69) is 51.0 Å². The van der Waals surface area contributed by atoms with Gasteiger partial charge in [-0.3, -0.25) is 0 Å². The molecule has 1 aliphatic carbocycles. The van der Waals surface area contributed by atoms with Crippen LogP contribution in [-0.2, 0) is 0 Å². The molecule has 2 aromatic rings. The highest BCUT2D eigenvalue weighted by atomic mass is 127. The van der Waals surface area contributed by atoms with Crippen LogP contribution in [-0.4, -0.2) is 19.5 Å². The fourth-order valence-corrected chi connectivity index (χ4v) is 2.80. The Bertz CT molecular complexity index is 615. The molecule has 2 aromatic heterocycles. The number of halogens is 1. The average Bonchev–Trinajstić information content (AvgIpc) is 3.08. The first-order valence-corrected chi connectivity index (χ1v) is 7.51. The van der Waals surface area contributed by atoms with Gasteiger partial charge in [-0.25, -0.2) is 15.0 Å². The van der Waals surface area contributed by atoms with E-state index < -0.39 is 0 Å². The van der Waals surface area contributed by atoms with E-state index in [4.69, 9.17) is 10.7 Å². The van der Waals surface area contributed by atoms with Crippen molar-refractivity contribution in [2.75, 3.05) is 5.73 Å². The van der Waals surface area contributed by atoms with Gasteiger partial charge < -0.3 is 10.3 Å². The smallest absolute Gasteiger partial charge is 0.180 e. The quantitative estimate of drug-likeness (QED) is 0.845. The van der Waals surface area contributed by atoms with E-state index in [0.717, 1.165) is 15.0 Å². The van der Waals surface area contributed by atoms with Gasteiger partial charge in [0, 0.05) is 12.0 Å². The summed E-state index contributed by atoms with van der Waals surface area (Å²) < 4.78 is 3.07. The summed E-state index contributed by atoms with van der Waals surface area (Å²) in [5.74, 6) is 1.82. The van der Waals surface area contributed by atoms with Crippen molar-refractivity contribution in [2.24, 2.45) is 0 Å². The van der Waals surface area contributed by atoms with E-state index in [1.54, 1.807) is 6.20 Å². The molecule has 3 rings (SSSR count). The molecule has 2 heterocycles. The van der Waals surface area contributed by atoms with Crippen LogP contribution in [0.4, 0.5) is 5.82 Å². The molecular weight excluding hydrogens is 353 g/mol. The van der Waals surface area contributed by atoms with Crippen LogP contribution in [0, 0.1) is 3.57 Å². The molecular formula is C13H16IN5. The lowest BCUT2D eigenvalue weighted by Gasteiger charge is -2.12. The first-order valence-electron chi connectivity index (χ1n) is 6.43. The fourth-order valence-electron chi connectivity index (χ4n) is 2.11. The Morgan fingerprint density at radius 2 is 2.11 bits per heavy atom. The third-order valence-electron chi connectivity index (χ3n) is 3.32. The van der Waals surface area contributed by atoms with Crippen molar-refractivity contribution in [2.45, 2.75) is 38.6 Å². The molecule has 0 unspecified atom stereocenters. The van der Waals surface area contributed by atoms with E-state index >= 15 is 0 Å². The SMILES string of the molecule is CC(C)n1cncc1-c1nc(N)c(I)c(C2CC2)n1. The van der Waals surface area contributed by atoms with Gasteiger partial charge in [-0.1, -0.05) is 0 Å². The maximum absolute atomic E-state index is 6.03. The Labute approximate surface area is 125 Å². The topological polar surface area (TPSA) is 69.6 Å². The summed E-state index contributed by atoms with van der Waals surface area (Å²) in [5, 5.41) is 0. The standard InChI is InChI=1S/C13H16IN5/c1-7(2)19-6-16-5-9(19)13-17-11(8-3-4-8)10(14)12(15)18-13/h5-8H,3-4H2,1-2H3,(H2,15,17,18). The lowest BCUT2D eigenvalue weighted by atomic mass is 10.2. The molecule has 1 saturated carbocycles. The molecule has 0 radical (unpaired) electrons. The van der Waals surface area contributed by atoms with Gasteiger partial charge in [-0.2, -0.15) is 0 Å². The zero-order valence-electron chi connectivity index (χ0n) is 11.0. The minimum Gasteiger partial charge on any atom is -0.383 e. The Morgan fingerprint density at radius 1 is 1.37 bits per heavy atom. The summed E-state index contributed by atoms with van der Waals surface area (Å²) in [6.45, 7) is 4.23. The molecule has 0 spiro atoms. The summed E-state index contributed by atoms with van der Waals surface area (Å²) in [7, 11) is 0. The minimum absolute atomic E-state index is 0.325. The van der Waals surface area contributed by atoms with Gasteiger partial charge in [0.2, 0.25) is 0 Å². The molecule has 0 saturated heterocycles. The fraction of sp³-hybridized carbons (Fsp3) is 0.462. The van der Waals surface area contributed by atoms with Crippen molar-refractivity contribution in [3.05, 3.63) is 21.8 Å². The number of nitrogens with two attached hydrogens (primary N) is 1. The lowest BCUT2D eigenvalue weighted by molar-refractivity contribution is 0.603. The van der Waals surface area contributed by atoms with Crippen LogP contribution in [0.2, 0.25) is 0 Å². The molecule has 6 heteroatoms. The Morgan fingerprint density at radius 3 is 2.74 bits per heavy atom. The summed E-state index contributed by atoms with van der Waals surface area (Å²) >= 11 is 2.24. The van der Waals surface area contributed by atoms with Gasteiger partial charge in [0.15, 0.2) is 5.82 Å². The lowest BCUT2D eigenvalue weighted by Crippen LogP contribution is -2.08. The third-order valence-corrected chi connectivity index (χ3v) is 4.42. The first-order chi connectivity index (χ1) is 9.08. The minimum atomic E-state index is 0.325. The molecule has 2 N–H and O–H groups in total. The van der Waals surface area contributed by atoms with E-state index in [9.17, 15) is 0 Å². The average molecular weight is 369 g/mol. The van der Waals surface area contributed by atoms with Crippen LogP contribution in [0.15, 0.2) is 12.5 Å². The van der Waals surface area contributed by atoms with Crippen LogP contribution < -0.4 is 5.73 Å². The van der Waals surface area contributed by atoms with Gasteiger partial charge in [-0.15, -0.1) is 0 Å². The van der Waals surface area contributed by atoms with Crippen molar-refractivity contribution < 1.29 is 0 Å². The maximum Gasteiger partial charge on any atom is 0.180 e. The second-order valence-corrected chi connectivity index (χ2v) is 6.26. The van der Waals surface area contributed by atoms with Crippen molar-refractivity contribution in [1.29, 1.82) is 0 Å². The largest absolute Gasteiger partial charge is 0.383 e. The summed E-state index contributed by atoms with van der Waals surface area (Å²) in [4.78, 5) is 13.4. The summed E-state index contributed by atoms with van der Waals surface area (Å²) in [6, 6.07) is 0.325. The van der Waals surface area contributed by atoms with Crippen LogP contribution in [0.5, 0.6) is 0 Å².